The third kappa shape index (κ3) is 4.72. The van der Waals surface area contributed by atoms with E-state index in [-0.39, 0.29) is 23.9 Å². The summed E-state index contributed by atoms with van der Waals surface area (Å²) in [5, 5.41) is 10.2. The Labute approximate surface area is 151 Å². The van der Waals surface area contributed by atoms with Crippen LogP contribution in [0, 0.1) is 12.7 Å². The molecule has 2 aromatic heterocycles. The van der Waals surface area contributed by atoms with E-state index in [1.54, 1.807) is 18.3 Å². The smallest absolute Gasteiger partial charge is 0.308 e. The van der Waals surface area contributed by atoms with Crippen LogP contribution in [0.4, 0.5) is 23.4 Å². The van der Waals surface area contributed by atoms with E-state index >= 15 is 0 Å². The average Bonchev–Trinajstić information content (AvgIpc) is 3.13. The molecule has 0 radical (unpaired) electrons. The summed E-state index contributed by atoms with van der Waals surface area (Å²) in [5.41, 5.74) is -0.154. The second-order valence-electron chi connectivity index (χ2n) is 5.90. The molecule has 0 fully saturated rings. The van der Waals surface area contributed by atoms with Gasteiger partial charge in [0.15, 0.2) is 5.82 Å². The molecule has 0 atom stereocenters. The average molecular weight is 381 g/mol. The van der Waals surface area contributed by atoms with Gasteiger partial charge in [0.2, 0.25) is 5.91 Å². The molecule has 10 heteroatoms. The number of nitrogens with one attached hydrogen (secondary N) is 1. The molecule has 0 aliphatic heterocycles. The third-order valence-corrected chi connectivity index (χ3v) is 3.63. The van der Waals surface area contributed by atoms with Crippen LogP contribution in [0.15, 0.2) is 42.6 Å². The summed E-state index contributed by atoms with van der Waals surface area (Å²) in [6.45, 7) is 1.10. The minimum Gasteiger partial charge on any atom is -0.308 e. The Morgan fingerprint density at radius 1 is 1.19 bits per heavy atom. The van der Waals surface area contributed by atoms with Crippen LogP contribution in [-0.2, 0) is 24.1 Å². The molecule has 0 aliphatic carbocycles. The highest BCUT2D eigenvalue weighted by Crippen LogP contribution is 2.29. The molecule has 27 heavy (non-hydrogen) atoms. The molecule has 0 saturated carbocycles. The fourth-order valence-electron chi connectivity index (χ4n) is 2.55. The minimum absolute atomic E-state index is 0.162. The minimum atomic E-state index is -4.60. The second-order valence-corrected chi connectivity index (χ2v) is 5.90. The molecule has 142 valence electrons. The van der Waals surface area contributed by atoms with Crippen molar-refractivity contribution in [2.24, 2.45) is 0 Å². The molecule has 2 heterocycles. The molecule has 0 spiro atoms. The zero-order valence-electron chi connectivity index (χ0n) is 14.2. The SMILES string of the molecule is Cc1cc(C(F)(F)F)n(CC(=O)Nc2ccn(Cc3cccc(F)c3)n2)n1. The van der Waals surface area contributed by atoms with Crippen LogP contribution in [-0.4, -0.2) is 25.5 Å². The number of hydrogen-bond donors (Lipinski definition) is 1. The number of carbonyl (C=O) groups excluding carboxylic acids is 1. The van der Waals surface area contributed by atoms with Crippen LogP contribution >= 0.6 is 0 Å². The maximum Gasteiger partial charge on any atom is 0.433 e. The van der Waals surface area contributed by atoms with Crippen molar-refractivity contribution in [3.63, 3.8) is 0 Å². The lowest BCUT2D eigenvalue weighted by Crippen LogP contribution is -2.24. The molecule has 1 amide bonds. The van der Waals surface area contributed by atoms with Crippen LogP contribution in [0.3, 0.4) is 0 Å². The summed E-state index contributed by atoms with van der Waals surface area (Å²) in [4.78, 5) is 12.0. The van der Waals surface area contributed by atoms with E-state index in [1.807, 2.05) is 0 Å². The largest absolute Gasteiger partial charge is 0.433 e. The Morgan fingerprint density at radius 3 is 2.67 bits per heavy atom. The lowest BCUT2D eigenvalue weighted by molar-refractivity contribution is -0.144. The van der Waals surface area contributed by atoms with Crippen molar-refractivity contribution in [1.29, 1.82) is 0 Å². The highest BCUT2D eigenvalue weighted by Gasteiger charge is 2.35. The van der Waals surface area contributed by atoms with Gasteiger partial charge in [0, 0.05) is 12.3 Å². The van der Waals surface area contributed by atoms with Crippen LogP contribution in [0.1, 0.15) is 17.0 Å². The van der Waals surface area contributed by atoms with Crippen LogP contribution in [0.5, 0.6) is 0 Å². The number of benzene rings is 1. The fourth-order valence-corrected chi connectivity index (χ4v) is 2.55. The first-order chi connectivity index (χ1) is 12.7. The maximum absolute atomic E-state index is 13.2. The van der Waals surface area contributed by atoms with E-state index in [4.69, 9.17) is 0 Å². The molecular weight excluding hydrogens is 366 g/mol. The van der Waals surface area contributed by atoms with Crippen LogP contribution in [0.2, 0.25) is 0 Å². The quantitative estimate of drug-likeness (QED) is 0.690. The molecule has 0 bridgehead atoms. The normalized spacial score (nSPS) is 11.6. The molecule has 3 aromatic rings. The summed E-state index contributed by atoms with van der Waals surface area (Å²) in [5.74, 6) is -0.892. The second kappa shape index (κ2) is 7.22. The summed E-state index contributed by atoms with van der Waals surface area (Å²) in [6, 6.07) is 8.35. The number of aromatic nitrogens is 4. The Bertz CT molecular complexity index is 960. The number of anilines is 1. The number of rotatable bonds is 5. The molecular formula is C17H15F4N5O. The number of amides is 1. The van der Waals surface area contributed by atoms with Crippen molar-refractivity contribution < 1.29 is 22.4 Å². The molecule has 0 saturated heterocycles. The number of alkyl halides is 3. The van der Waals surface area contributed by atoms with Crippen molar-refractivity contribution in [3.05, 3.63) is 65.4 Å². The Balaban J connectivity index is 1.65. The topological polar surface area (TPSA) is 64.7 Å². The fraction of sp³-hybridized carbons (Fsp3) is 0.235. The Morgan fingerprint density at radius 2 is 1.96 bits per heavy atom. The van der Waals surface area contributed by atoms with Gasteiger partial charge in [-0.15, -0.1) is 0 Å². The predicted octanol–water partition coefficient (Wildman–Crippen LogP) is 3.23. The molecule has 3 rings (SSSR count). The van der Waals surface area contributed by atoms with E-state index in [1.165, 1.54) is 29.8 Å². The summed E-state index contributed by atoms with van der Waals surface area (Å²) < 4.78 is 54.1. The lowest BCUT2D eigenvalue weighted by Gasteiger charge is -2.09. The van der Waals surface area contributed by atoms with Crippen molar-refractivity contribution in [3.8, 4) is 0 Å². The molecule has 6 nitrogen and oxygen atoms in total. The van der Waals surface area contributed by atoms with E-state index in [0.717, 1.165) is 6.07 Å². The first-order valence-corrected chi connectivity index (χ1v) is 7.90. The third-order valence-electron chi connectivity index (χ3n) is 3.63. The van der Waals surface area contributed by atoms with Gasteiger partial charge in [0.1, 0.15) is 18.1 Å². The standard InChI is InChI=1S/C17H15F4N5O/c1-11-7-14(17(19,20)21)26(23-11)10-16(27)22-15-5-6-25(24-15)9-12-3-2-4-13(18)8-12/h2-8H,9-10H2,1H3,(H,22,24,27). The van der Waals surface area contributed by atoms with Gasteiger partial charge < -0.3 is 5.32 Å². The molecule has 1 aromatic carbocycles. The maximum atomic E-state index is 13.2. The van der Waals surface area contributed by atoms with E-state index < -0.39 is 24.3 Å². The van der Waals surface area contributed by atoms with Gasteiger partial charge in [-0.1, -0.05) is 12.1 Å². The Hall–Kier alpha value is -3.17. The van der Waals surface area contributed by atoms with Crippen molar-refractivity contribution >= 4 is 11.7 Å². The van der Waals surface area contributed by atoms with E-state index in [0.29, 0.717) is 10.2 Å². The van der Waals surface area contributed by atoms with Crippen LogP contribution in [0.25, 0.3) is 0 Å². The number of halogens is 4. The van der Waals surface area contributed by atoms with Gasteiger partial charge >= 0.3 is 6.18 Å². The van der Waals surface area contributed by atoms with Crippen LogP contribution < -0.4 is 5.32 Å². The summed E-state index contributed by atoms with van der Waals surface area (Å²) >= 11 is 0. The van der Waals surface area contributed by atoms with E-state index in [9.17, 15) is 22.4 Å². The first kappa shape index (κ1) is 18.6. The molecule has 1 N–H and O–H groups in total. The first-order valence-electron chi connectivity index (χ1n) is 7.90. The van der Waals surface area contributed by atoms with Gasteiger partial charge in [-0.05, 0) is 30.7 Å². The zero-order valence-corrected chi connectivity index (χ0v) is 14.2. The zero-order chi connectivity index (χ0) is 19.6. The van der Waals surface area contributed by atoms with Gasteiger partial charge in [-0.2, -0.15) is 23.4 Å². The monoisotopic (exact) mass is 381 g/mol. The predicted molar refractivity (Wildman–Crippen MR) is 88.3 cm³/mol. The number of aryl methyl sites for hydroxylation is 1. The molecule has 0 unspecified atom stereocenters. The summed E-state index contributed by atoms with van der Waals surface area (Å²) in [6.07, 6.45) is -3.03. The van der Waals surface area contributed by atoms with Gasteiger partial charge in [-0.3, -0.25) is 14.2 Å². The van der Waals surface area contributed by atoms with Gasteiger partial charge in [-0.25, -0.2) is 4.39 Å². The van der Waals surface area contributed by atoms with Gasteiger partial charge in [0.25, 0.3) is 0 Å². The number of nitrogens with zero attached hydrogens (tertiary/aromatic N) is 4. The summed E-state index contributed by atoms with van der Waals surface area (Å²) in [7, 11) is 0. The number of hydrogen-bond acceptors (Lipinski definition) is 3. The van der Waals surface area contributed by atoms with Crippen molar-refractivity contribution in [2.75, 3.05) is 5.32 Å². The van der Waals surface area contributed by atoms with Gasteiger partial charge in [0.05, 0.1) is 12.2 Å². The molecule has 0 aliphatic rings. The lowest BCUT2D eigenvalue weighted by atomic mass is 10.2. The number of carbonyl (C=O) groups is 1. The van der Waals surface area contributed by atoms with E-state index in [2.05, 4.69) is 15.5 Å². The van der Waals surface area contributed by atoms with Crippen molar-refractivity contribution in [1.82, 2.24) is 19.6 Å². The highest BCUT2D eigenvalue weighted by molar-refractivity contribution is 5.89. The van der Waals surface area contributed by atoms with Crippen molar-refractivity contribution in [2.45, 2.75) is 26.2 Å². The Kier molecular flexibility index (Phi) is 4.98. The highest BCUT2D eigenvalue weighted by atomic mass is 19.4.